The maximum atomic E-state index is 11.0. The summed E-state index contributed by atoms with van der Waals surface area (Å²) >= 11 is 5.78. The van der Waals surface area contributed by atoms with Gasteiger partial charge in [-0.1, -0.05) is 17.7 Å². The van der Waals surface area contributed by atoms with E-state index in [1.165, 1.54) is 12.1 Å². The van der Waals surface area contributed by atoms with E-state index >= 15 is 0 Å². The predicted octanol–water partition coefficient (Wildman–Crippen LogP) is 1.76. The molecule has 1 aromatic carbocycles. The lowest BCUT2D eigenvalue weighted by Gasteiger charge is -2.17. The maximum absolute atomic E-state index is 11.0. The lowest BCUT2D eigenvalue weighted by atomic mass is 10.0. The van der Waals surface area contributed by atoms with Crippen molar-refractivity contribution in [3.05, 3.63) is 33.3 Å². The van der Waals surface area contributed by atoms with Crippen LogP contribution in [0.5, 0.6) is 0 Å². The van der Waals surface area contributed by atoms with Crippen LogP contribution in [0.25, 0.3) is 0 Å². The van der Waals surface area contributed by atoms with Gasteiger partial charge >= 0.3 is 11.7 Å². The molecule has 2 unspecified atom stereocenters. The number of hydrogen-bond acceptors (Lipinski definition) is 5. The highest BCUT2D eigenvalue weighted by Gasteiger charge is 2.35. The summed E-state index contributed by atoms with van der Waals surface area (Å²) in [4.78, 5) is 21.4. The molecule has 2 rings (SSSR count). The van der Waals surface area contributed by atoms with E-state index in [1.54, 1.807) is 6.07 Å². The zero-order valence-electron chi connectivity index (χ0n) is 9.71. The fourth-order valence-electron chi connectivity index (χ4n) is 1.96. The number of ether oxygens (including phenoxy) is 1. The average molecular weight is 287 g/mol. The number of carboxylic acid groups (broad SMARTS) is 1. The molecule has 0 saturated carbocycles. The number of carboxylic acids is 1. The molecular weight excluding hydrogens is 276 g/mol. The molecule has 0 spiro atoms. The van der Waals surface area contributed by atoms with Crippen molar-refractivity contribution >= 4 is 28.9 Å². The Morgan fingerprint density at radius 3 is 2.89 bits per heavy atom. The van der Waals surface area contributed by atoms with Gasteiger partial charge in [0.15, 0.2) is 0 Å². The number of aliphatic carboxylic acids is 1. The van der Waals surface area contributed by atoms with Crippen molar-refractivity contribution < 1.29 is 19.6 Å². The van der Waals surface area contributed by atoms with Crippen LogP contribution < -0.4 is 5.32 Å². The number of nitro benzene ring substituents is 1. The second-order valence-electron chi connectivity index (χ2n) is 4.13. The van der Waals surface area contributed by atoms with Gasteiger partial charge in [-0.05, 0) is 12.1 Å². The van der Waals surface area contributed by atoms with Crippen molar-refractivity contribution in [1.29, 1.82) is 0 Å². The van der Waals surface area contributed by atoms with Crippen molar-refractivity contribution in [2.24, 2.45) is 5.92 Å². The number of nitro groups is 1. The fourth-order valence-corrected chi connectivity index (χ4v) is 2.20. The number of halogens is 1. The van der Waals surface area contributed by atoms with Gasteiger partial charge in [-0.3, -0.25) is 14.9 Å². The third-order valence-corrected chi connectivity index (χ3v) is 3.21. The Balaban J connectivity index is 2.26. The Morgan fingerprint density at radius 1 is 1.53 bits per heavy atom. The van der Waals surface area contributed by atoms with Crippen LogP contribution in [0.3, 0.4) is 0 Å². The number of carbonyl (C=O) groups is 1. The first-order valence-corrected chi connectivity index (χ1v) is 5.88. The first-order chi connectivity index (χ1) is 9.00. The summed E-state index contributed by atoms with van der Waals surface area (Å²) in [6.07, 6.45) is 0. The molecule has 0 bridgehead atoms. The van der Waals surface area contributed by atoms with Gasteiger partial charge in [-0.2, -0.15) is 0 Å². The van der Waals surface area contributed by atoms with Crippen LogP contribution in [-0.4, -0.2) is 35.3 Å². The van der Waals surface area contributed by atoms with Crippen LogP contribution in [0, 0.1) is 16.0 Å². The third kappa shape index (κ3) is 2.77. The average Bonchev–Trinajstić information content (AvgIpc) is 2.76. The Bertz CT molecular complexity index is 522. The van der Waals surface area contributed by atoms with E-state index in [0.29, 0.717) is 0 Å². The summed E-state index contributed by atoms with van der Waals surface area (Å²) in [5, 5.41) is 22.8. The molecule has 0 amide bonds. The minimum Gasteiger partial charge on any atom is -0.481 e. The topological polar surface area (TPSA) is 102 Å². The largest absolute Gasteiger partial charge is 0.481 e. The maximum Gasteiger partial charge on any atom is 0.311 e. The van der Waals surface area contributed by atoms with Crippen molar-refractivity contribution in [3.63, 3.8) is 0 Å². The molecule has 19 heavy (non-hydrogen) atoms. The van der Waals surface area contributed by atoms with E-state index in [2.05, 4.69) is 5.32 Å². The van der Waals surface area contributed by atoms with E-state index in [0.717, 1.165) is 0 Å². The Labute approximate surface area is 113 Å². The van der Waals surface area contributed by atoms with Gasteiger partial charge in [0.2, 0.25) is 0 Å². The smallest absolute Gasteiger partial charge is 0.311 e. The Kier molecular flexibility index (Phi) is 3.87. The standard InChI is InChI=1S/C11H11ClN2O5/c12-7-2-1-3-8(10(7)14(17)18)13-9-5-19-4-6(9)11(15)16/h1-3,6,9,13H,4-5H2,(H,15,16). The zero-order valence-corrected chi connectivity index (χ0v) is 10.5. The molecule has 1 aromatic rings. The molecule has 1 aliphatic heterocycles. The van der Waals surface area contributed by atoms with Gasteiger partial charge in [-0.25, -0.2) is 0 Å². The second-order valence-corrected chi connectivity index (χ2v) is 4.53. The molecule has 2 atom stereocenters. The van der Waals surface area contributed by atoms with E-state index < -0.39 is 22.9 Å². The fraction of sp³-hybridized carbons (Fsp3) is 0.364. The summed E-state index contributed by atoms with van der Waals surface area (Å²) < 4.78 is 5.09. The highest BCUT2D eigenvalue weighted by molar-refractivity contribution is 6.33. The lowest BCUT2D eigenvalue weighted by molar-refractivity contribution is -0.383. The third-order valence-electron chi connectivity index (χ3n) is 2.91. The number of nitrogens with zero attached hydrogens (tertiary/aromatic N) is 1. The molecule has 1 saturated heterocycles. The van der Waals surface area contributed by atoms with Crippen LogP contribution in [0.4, 0.5) is 11.4 Å². The van der Waals surface area contributed by atoms with Crippen LogP contribution in [0.2, 0.25) is 5.02 Å². The van der Waals surface area contributed by atoms with E-state index in [4.69, 9.17) is 21.4 Å². The molecule has 1 aliphatic rings. The minimum absolute atomic E-state index is 0.000732. The normalized spacial score (nSPS) is 22.2. The summed E-state index contributed by atoms with van der Waals surface area (Å²) in [6, 6.07) is 3.93. The van der Waals surface area contributed by atoms with Crippen LogP contribution in [-0.2, 0) is 9.53 Å². The molecule has 2 N–H and O–H groups in total. The Morgan fingerprint density at radius 2 is 2.26 bits per heavy atom. The molecule has 102 valence electrons. The quantitative estimate of drug-likeness (QED) is 0.646. The Hall–Kier alpha value is -1.86. The molecule has 1 heterocycles. The lowest BCUT2D eigenvalue weighted by Crippen LogP contribution is -2.33. The van der Waals surface area contributed by atoms with E-state index in [1.807, 2.05) is 0 Å². The number of rotatable bonds is 4. The number of nitrogens with one attached hydrogen (secondary N) is 1. The summed E-state index contributed by atoms with van der Waals surface area (Å²) in [6.45, 7) is 0.266. The molecule has 7 nitrogen and oxygen atoms in total. The highest BCUT2D eigenvalue weighted by Crippen LogP contribution is 2.33. The van der Waals surface area contributed by atoms with Gasteiger partial charge in [-0.15, -0.1) is 0 Å². The summed E-state index contributed by atoms with van der Waals surface area (Å²) in [5.41, 5.74) is -0.0699. The van der Waals surface area contributed by atoms with Crippen LogP contribution >= 0.6 is 11.6 Å². The van der Waals surface area contributed by atoms with Gasteiger partial charge in [0, 0.05) is 0 Å². The van der Waals surface area contributed by atoms with E-state index in [9.17, 15) is 14.9 Å². The molecule has 0 aliphatic carbocycles. The van der Waals surface area contributed by atoms with Crippen molar-refractivity contribution in [2.75, 3.05) is 18.5 Å². The minimum atomic E-state index is -1.00. The van der Waals surface area contributed by atoms with Crippen molar-refractivity contribution in [3.8, 4) is 0 Å². The second kappa shape index (κ2) is 5.41. The molecule has 1 fully saturated rings. The summed E-state index contributed by atoms with van der Waals surface area (Å²) in [7, 11) is 0. The number of para-hydroxylation sites is 1. The zero-order chi connectivity index (χ0) is 14.0. The van der Waals surface area contributed by atoms with Gasteiger partial charge < -0.3 is 15.2 Å². The monoisotopic (exact) mass is 286 g/mol. The van der Waals surface area contributed by atoms with Crippen LogP contribution in [0.15, 0.2) is 18.2 Å². The predicted molar refractivity (Wildman–Crippen MR) is 67.5 cm³/mol. The number of anilines is 1. The van der Waals surface area contributed by atoms with Crippen molar-refractivity contribution in [2.45, 2.75) is 6.04 Å². The first kappa shape index (κ1) is 13.6. The highest BCUT2D eigenvalue weighted by atomic mass is 35.5. The van der Waals surface area contributed by atoms with Crippen LogP contribution in [0.1, 0.15) is 0 Å². The molecule has 0 aromatic heterocycles. The summed E-state index contributed by atoms with van der Waals surface area (Å²) in [5.74, 6) is -1.74. The first-order valence-electron chi connectivity index (χ1n) is 5.50. The molecule has 8 heteroatoms. The molecule has 0 radical (unpaired) electrons. The van der Waals surface area contributed by atoms with Gasteiger partial charge in [0.1, 0.15) is 16.6 Å². The number of hydrogen-bond donors (Lipinski definition) is 2. The van der Waals surface area contributed by atoms with E-state index in [-0.39, 0.29) is 29.6 Å². The molecular formula is C11H11ClN2O5. The SMILES string of the molecule is O=C(O)C1COCC1Nc1cccc(Cl)c1[N+](=O)[O-]. The number of benzene rings is 1. The van der Waals surface area contributed by atoms with Gasteiger partial charge in [0.25, 0.3) is 0 Å². The van der Waals surface area contributed by atoms with Crippen molar-refractivity contribution in [1.82, 2.24) is 0 Å². The van der Waals surface area contributed by atoms with Gasteiger partial charge in [0.05, 0.1) is 24.2 Å².